The van der Waals surface area contributed by atoms with Crippen molar-refractivity contribution >= 4 is 21.6 Å². The first-order valence-electron chi connectivity index (χ1n) is 11.1. The van der Waals surface area contributed by atoms with E-state index in [-0.39, 0.29) is 10.6 Å². The molecule has 7 nitrogen and oxygen atoms in total. The zero-order valence-electron chi connectivity index (χ0n) is 20.0. The third kappa shape index (κ3) is 6.73. The minimum absolute atomic E-state index is 0.0497. The van der Waals surface area contributed by atoms with E-state index in [1.807, 2.05) is 25.1 Å². The van der Waals surface area contributed by atoms with Crippen molar-refractivity contribution in [2.75, 3.05) is 31.6 Å². The molecule has 186 valence electrons. The molecule has 0 unspecified atom stereocenters. The molecule has 3 rings (SSSR count). The molecule has 0 spiro atoms. The highest BCUT2D eigenvalue weighted by molar-refractivity contribution is 7.92. The molecule has 0 fully saturated rings. The second-order valence-electron chi connectivity index (χ2n) is 7.94. The summed E-state index contributed by atoms with van der Waals surface area (Å²) < 4.78 is 51.6. The number of methoxy groups -OCH3 is 2. The van der Waals surface area contributed by atoms with Gasteiger partial charge in [0.15, 0.2) is 11.5 Å². The fourth-order valence-electron chi connectivity index (χ4n) is 3.50. The minimum atomic E-state index is -4.04. The number of anilines is 1. The van der Waals surface area contributed by atoms with Crippen molar-refractivity contribution in [3.05, 3.63) is 83.7 Å². The highest BCUT2D eigenvalue weighted by Gasteiger charge is 2.27. The topological polar surface area (TPSA) is 84.9 Å². The lowest BCUT2D eigenvalue weighted by molar-refractivity contribution is -0.119. The molecule has 1 N–H and O–H groups in total. The van der Waals surface area contributed by atoms with Gasteiger partial charge < -0.3 is 14.8 Å². The molecule has 3 aromatic carbocycles. The Morgan fingerprint density at radius 2 is 1.60 bits per heavy atom. The van der Waals surface area contributed by atoms with Crippen LogP contribution in [0.5, 0.6) is 11.5 Å². The van der Waals surface area contributed by atoms with Gasteiger partial charge in [-0.25, -0.2) is 12.8 Å². The average molecular weight is 501 g/mol. The predicted octanol–water partition coefficient (Wildman–Crippen LogP) is 4.10. The third-order valence-corrected chi connectivity index (χ3v) is 7.21. The van der Waals surface area contributed by atoms with Crippen LogP contribution in [0.25, 0.3) is 0 Å². The summed E-state index contributed by atoms with van der Waals surface area (Å²) in [6.45, 7) is 1.77. The number of benzene rings is 3. The van der Waals surface area contributed by atoms with E-state index >= 15 is 0 Å². The maximum Gasteiger partial charge on any atom is 0.264 e. The van der Waals surface area contributed by atoms with E-state index in [2.05, 4.69) is 5.32 Å². The fourth-order valence-corrected chi connectivity index (χ4v) is 4.92. The van der Waals surface area contributed by atoms with Crippen molar-refractivity contribution in [2.24, 2.45) is 0 Å². The van der Waals surface area contributed by atoms with Crippen LogP contribution in [-0.4, -0.2) is 41.6 Å². The van der Waals surface area contributed by atoms with Crippen molar-refractivity contribution in [1.82, 2.24) is 5.32 Å². The van der Waals surface area contributed by atoms with Gasteiger partial charge in [0, 0.05) is 6.54 Å². The lowest BCUT2D eigenvalue weighted by Crippen LogP contribution is -2.41. The number of rotatable bonds is 11. The van der Waals surface area contributed by atoms with Gasteiger partial charge >= 0.3 is 0 Å². The molecule has 0 aromatic heterocycles. The van der Waals surface area contributed by atoms with Gasteiger partial charge in [-0.2, -0.15) is 0 Å². The fraction of sp³-hybridized carbons (Fsp3) is 0.269. The summed E-state index contributed by atoms with van der Waals surface area (Å²) in [5, 5.41) is 2.77. The van der Waals surface area contributed by atoms with Crippen LogP contribution in [0.3, 0.4) is 0 Å². The Hall–Kier alpha value is -3.59. The molecule has 0 saturated carbocycles. The van der Waals surface area contributed by atoms with Crippen LogP contribution in [0.1, 0.15) is 17.5 Å². The first-order chi connectivity index (χ1) is 16.7. The van der Waals surface area contributed by atoms with Crippen LogP contribution >= 0.6 is 0 Å². The summed E-state index contributed by atoms with van der Waals surface area (Å²) >= 11 is 0. The summed E-state index contributed by atoms with van der Waals surface area (Å²) in [7, 11) is -0.903. The van der Waals surface area contributed by atoms with E-state index in [0.29, 0.717) is 30.9 Å². The number of nitrogens with one attached hydrogen (secondary N) is 1. The first kappa shape index (κ1) is 26.0. The molecule has 0 aliphatic heterocycles. The Morgan fingerprint density at radius 3 is 2.23 bits per heavy atom. The maximum atomic E-state index is 13.4. The molecule has 0 atom stereocenters. The van der Waals surface area contributed by atoms with Gasteiger partial charge in [0.1, 0.15) is 12.4 Å². The summed E-state index contributed by atoms with van der Waals surface area (Å²) in [5.74, 6) is 0.309. The Balaban J connectivity index is 1.67. The van der Waals surface area contributed by atoms with Crippen molar-refractivity contribution in [3.8, 4) is 11.5 Å². The molecule has 3 aromatic rings. The first-order valence-corrected chi connectivity index (χ1v) is 12.5. The Bertz CT molecular complexity index is 1250. The second-order valence-corrected chi connectivity index (χ2v) is 9.81. The standard InChI is InChI=1S/C26H29FN2O5S/c1-19-6-13-23(14-7-19)35(31,32)29(22-11-9-21(27)10-12-22)18-26(30)28-16-4-5-20-8-15-24(33-2)25(17-20)34-3/h6-15,17H,4-5,16,18H2,1-3H3,(H,28,30). The number of sulfonamides is 1. The van der Waals surface area contributed by atoms with Crippen LogP contribution < -0.4 is 19.1 Å². The van der Waals surface area contributed by atoms with E-state index in [0.717, 1.165) is 27.6 Å². The number of ether oxygens (including phenoxy) is 2. The van der Waals surface area contributed by atoms with Gasteiger partial charge in [-0.15, -0.1) is 0 Å². The lowest BCUT2D eigenvalue weighted by Gasteiger charge is -2.24. The zero-order chi connectivity index (χ0) is 25.4. The largest absolute Gasteiger partial charge is 0.493 e. The van der Waals surface area contributed by atoms with E-state index in [4.69, 9.17) is 9.47 Å². The van der Waals surface area contributed by atoms with Gasteiger partial charge in [-0.1, -0.05) is 23.8 Å². The molecular weight excluding hydrogens is 471 g/mol. The summed E-state index contributed by atoms with van der Waals surface area (Å²) in [6, 6.07) is 17.0. The van der Waals surface area contributed by atoms with Crippen LogP contribution in [0.15, 0.2) is 71.6 Å². The van der Waals surface area contributed by atoms with Crippen molar-refractivity contribution < 1.29 is 27.1 Å². The number of halogens is 1. The number of nitrogens with zero attached hydrogens (tertiary/aromatic N) is 1. The lowest BCUT2D eigenvalue weighted by atomic mass is 10.1. The SMILES string of the molecule is COc1ccc(CCCNC(=O)CN(c2ccc(F)cc2)S(=O)(=O)c2ccc(C)cc2)cc1OC. The predicted molar refractivity (Wildman–Crippen MR) is 133 cm³/mol. The Labute approximate surface area is 205 Å². The van der Waals surface area contributed by atoms with E-state index in [1.54, 1.807) is 26.4 Å². The van der Waals surface area contributed by atoms with E-state index < -0.39 is 28.3 Å². The molecule has 0 aliphatic carbocycles. The van der Waals surface area contributed by atoms with E-state index in [9.17, 15) is 17.6 Å². The van der Waals surface area contributed by atoms with Gasteiger partial charge in [0.05, 0.1) is 24.8 Å². The maximum absolute atomic E-state index is 13.4. The minimum Gasteiger partial charge on any atom is -0.493 e. The Kier molecular flexibility index (Phi) is 8.70. The number of carbonyl (C=O) groups excluding carboxylic acids is 1. The normalized spacial score (nSPS) is 11.1. The third-order valence-electron chi connectivity index (χ3n) is 5.42. The molecular formula is C26H29FN2O5S. The monoisotopic (exact) mass is 500 g/mol. The van der Waals surface area contributed by atoms with Gasteiger partial charge in [-0.3, -0.25) is 9.10 Å². The van der Waals surface area contributed by atoms with Crippen LogP contribution in [-0.2, 0) is 21.2 Å². The molecule has 1 amide bonds. The molecule has 0 radical (unpaired) electrons. The molecule has 9 heteroatoms. The van der Waals surface area contributed by atoms with E-state index in [1.165, 1.54) is 24.3 Å². The van der Waals surface area contributed by atoms with Crippen LogP contribution in [0.4, 0.5) is 10.1 Å². The molecule has 35 heavy (non-hydrogen) atoms. The molecule has 0 aliphatic rings. The quantitative estimate of drug-likeness (QED) is 0.401. The van der Waals surface area contributed by atoms with Gasteiger partial charge in [0.25, 0.3) is 10.0 Å². The van der Waals surface area contributed by atoms with Crippen LogP contribution in [0.2, 0.25) is 0 Å². The second kappa shape index (κ2) is 11.7. The van der Waals surface area contributed by atoms with Crippen LogP contribution in [0, 0.1) is 12.7 Å². The highest BCUT2D eigenvalue weighted by atomic mass is 32.2. The summed E-state index contributed by atoms with van der Waals surface area (Å²) in [6.07, 6.45) is 1.33. The summed E-state index contributed by atoms with van der Waals surface area (Å²) in [5.41, 5.74) is 2.13. The molecule has 0 saturated heterocycles. The van der Waals surface area contributed by atoms with Crippen molar-refractivity contribution in [3.63, 3.8) is 0 Å². The zero-order valence-corrected chi connectivity index (χ0v) is 20.8. The highest BCUT2D eigenvalue weighted by Crippen LogP contribution is 2.28. The van der Waals surface area contributed by atoms with Crippen molar-refractivity contribution in [2.45, 2.75) is 24.7 Å². The smallest absolute Gasteiger partial charge is 0.264 e. The number of carbonyl (C=O) groups is 1. The van der Waals surface area contributed by atoms with Crippen molar-refractivity contribution in [1.29, 1.82) is 0 Å². The average Bonchev–Trinajstić information content (AvgIpc) is 2.86. The van der Waals surface area contributed by atoms with Gasteiger partial charge in [-0.05, 0) is 73.9 Å². The Morgan fingerprint density at radius 1 is 0.943 bits per heavy atom. The molecule has 0 bridgehead atoms. The number of hydrogen-bond acceptors (Lipinski definition) is 5. The number of aryl methyl sites for hydroxylation is 2. The molecule has 0 heterocycles. The summed E-state index contributed by atoms with van der Waals surface area (Å²) in [4.78, 5) is 12.7. The van der Waals surface area contributed by atoms with Gasteiger partial charge in [0.2, 0.25) is 5.91 Å². The number of hydrogen-bond donors (Lipinski definition) is 1. The number of amides is 1.